The fourth-order valence-corrected chi connectivity index (χ4v) is 5.15. The molecule has 0 aliphatic carbocycles. The SMILES string of the molecule is Cc1cc(C)c(C2C(=O)CC(C(C)CSc3cccc(Cl)c3)OC2=O)c(C)c1. The van der Waals surface area contributed by atoms with Gasteiger partial charge in [-0.1, -0.05) is 42.3 Å². The van der Waals surface area contributed by atoms with Gasteiger partial charge in [0.05, 0.1) is 0 Å². The molecule has 5 heteroatoms. The molecule has 1 heterocycles. The average molecular weight is 417 g/mol. The molecule has 2 aromatic carbocycles. The number of carbonyl (C=O) groups excluding carboxylic acids is 2. The molecule has 0 saturated carbocycles. The van der Waals surface area contributed by atoms with Gasteiger partial charge in [0.2, 0.25) is 0 Å². The van der Waals surface area contributed by atoms with E-state index >= 15 is 0 Å². The van der Waals surface area contributed by atoms with E-state index in [1.807, 2.05) is 64.1 Å². The molecule has 0 radical (unpaired) electrons. The Morgan fingerprint density at radius 2 is 1.82 bits per heavy atom. The smallest absolute Gasteiger partial charge is 0.321 e. The number of aryl methyl sites for hydroxylation is 3. The van der Waals surface area contributed by atoms with Gasteiger partial charge in [-0.25, -0.2) is 0 Å². The van der Waals surface area contributed by atoms with Crippen molar-refractivity contribution in [2.45, 2.75) is 51.0 Å². The van der Waals surface area contributed by atoms with E-state index in [9.17, 15) is 9.59 Å². The van der Waals surface area contributed by atoms with Gasteiger partial charge in [-0.05, 0) is 55.7 Å². The lowest BCUT2D eigenvalue weighted by atomic mass is 9.82. The molecule has 1 aliphatic heterocycles. The van der Waals surface area contributed by atoms with Crippen LogP contribution in [0.2, 0.25) is 5.02 Å². The highest BCUT2D eigenvalue weighted by atomic mass is 35.5. The Morgan fingerprint density at radius 3 is 2.43 bits per heavy atom. The van der Waals surface area contributed by atoms with Crippen molar-refractivity contribution < 1.29 is 14.3 Å². The maximum atomic E-state index is 12.9. The molecule has 2 aromatic rings. The molecular formula is C23H25ClO3S. The predicted octanol–water partition coefficient (Wildman–Crippen LogP) is 5.66. The third-order valence-electron chi connectivity index (χ3n) is 5.20. The van der Waals surface area contributed by atoms with Gasteiger partial charge in [0.1, 0.15) is 12.0 Å². The van der Waals surface area contributed by atoms with Gasteiger partial charge >= 0.3 is 5.97 Å². The number of esters is 1. The Morgan fingerprint density at radius 1 is 1.14 bits per heavy atom. The van der Waals surface area contributed by atoms with Crippen molar-refractivity contribution in [1.82, 2.24) is 0 Å². The summed E-state index contributed by atoms with van der Waals surface area (Å²) in [6.07, 6.45) is -0.116. The Hall–Kier alpha value is -1.78. The number of benzene rings is 2. The van der Waals surface area contributed by atoms with Gasteiger partial charge < -0.3 is 4.74 Å². The Kier molecular flexibility index (Phi) is 6.51. The number of hydrogen-bond donors (Lipinski definition) is 0. The van der Waals surface area contributed by atoms with Gasteiger partial charge in [-0.2, -0.15) is 0 Å². The van der Waals surface area contributed by atoms with Crippen LogP contribution < -0.4 is 0 Å². The zero-order chi connectivity index (χ0) is 20.4. The highest BCUT2D eigenvalue weighted by molar-refractivity contribution is 7.99. The van der Waals surface area contributed by atoms with Crippen LogP contribution in [0.5, 0.6) is 0 Å². The van der Waals surface area contributed by atoms with E-state index in [0.717, 1.165) is 32.9 Å². The average Bonchev–Trinajstić information content (AvgIpc) is 2.61. The minimum Gasteiger partial charge on any atom is -0.461 e. The van der Waals surface area contributed by atoms with Gasteiger partial charge in [0.25, 0.3) is 0 Å². The van der Waals surface area contributed by atoms with Crippen LogP contribution >= 0.6 is 23.4 Å². The van der Waals surface area contributed by atoms with E-state index in [1.54, 1.807) is 11.8 Å². The van der Waals surface area contributed by atoms with E-state index in [0.29, 0.717) is 5.02 Å². The number of cyclic esters (lactones) is 1. The molecule has 0 aromatic heterocycles. The molecule has 1 saturated heterocycles. The third-order valence-corrected chi connectivity index (χ3v) is 6.71. The molecule has 3 unspecified atom stereocenters. The van der Waals surface area contributed by atoms with E-state index in [4.69, 9.17) is 16.3 Å². The Balaban J connectivity index is 1.69. The van der Waals surface area contributed by atoms with Crippen LogP contribution in [0, 0.1) is 26.7 Å². The van der Waals surface area contributed by atoms with Crippen LogP contribution in [0.4, 0.5) is 0 Å². The summed E-state index contributed by atoms with van der Waals surface area (Å²) in [5, 5.41) is 0.698. The lowest BCUT2D eigenvalue weighted by Crippen LogP contribution is -2.41. The van der Waals surface area contributed by atoms with Crippen molar-refractivity contribution in [2.24, 2.45) is 5.92 Å². The molecule has 0 bridgehead atoms. The topological polar surface area (TPSA) is 43.4 Å². The second kappa shape index (κ2) is 8.71. The first-order chi connectivity index (χ1) is 13.3. The number of thioether (sulfide) groups is 1. The molecular weight excluding hydrogens is 392 g/mol. The molecule has 28 heavy (non-hydrogen) atoms. The summed E-state index contributed by atoms with van der Waals surface area (Å²) in [7, 11) is 0. The van der Waals surface area contributed by atoms with Gasteiger partial charge in [0, 0.05) is 28.0 Å². The van der Waals surface area contributed by atoms with E-state index < -0.39 is 11.9 Å². The van der Waals surface area contributed by atoms with Crippen LogP contribution in [0.1, 0.15) is 41.5 Å². The van der Waals surface area contributed by atoms with Gasteiger partial charge in [-0.3, -0.25) is 9.59 Å². The summed E-state index contributed by atoms with van der Waals surface area (Å²) < 4.78 is 5.74. The van der Waals surface area contributed by atoms with Crippen molar-refractivity contribution in [1.29, 1.82) is 0 Å². The molecule has 0 N–H and O–H groups in total. The quantitative estimate of drug-likeness (QED) is 0.358. The van der Waals surface area contributed by atoms with Crippen LogP contribution in [0.3, 0.4) is 0 Å². The molecule has 1 aliphatic rings. The van der Waals surface area contributed by atoms with Crippen LogP contribution in [-0.4, -0.2) is 23.6 Å². The molecule has 0 amide bonds. The number of rotatable bonds is 5. The summed E-state index contributed by atoms with van der Waals surface area (Å²) in [6.45, 7) is 7.93. The maximum Gasteiger partial charge on any atom is 0.321 e. The first-order valence-electron chi connectivity index (χ1n) is 9.45. The monoisotopic (exact) mass is 416 g/mol. The zero-order valence-electron chi connectivity index (χ0n) is 16.6. The standard InChI is InChI=1S/C23H25ClO3S/c1-13-8-14(2)21(15(3)9-13)22-19(25)11-20(27-23(22)26)16(4)12-28-18-7-5-6-17(24)10-18/h5-10,16,20,22H,11-12H2,1-4H3. The number of carbonyl (C=O) groups is 2. The van der Waals surface area contributed by atoms with Crippen molar-refractivity contribution in [3.8, 4) is 0 Å². The summed E-state index contributed by atoms with van der Waals surface area (Å²) in [5.41, 5.74) is 3.87. The minimum absolute atomic E-state index is 0.0455. The molecule has 148 valence electrons. The summed E-state index contributed by atoms with van der Waals surface area (Å²) in [4.78, 5) is 26.7. The normalized spacial score (nSPS) is 20.8. The van der Waals surface area contributed by atoms with Crippen molar-refractivity contribution >= 4 is 35.1 Å². The molecule has 3 atom stereocenters. The Labute approximate surface area is 175 Å². The number of ketones is 1. The molecule has 3 rings (SSSR count). The zero-order valence-corrected chi connectivity index (χ0v) is 18.2. The predicted molar refractivity (Wildman–Crippen MR) is 114 cm³/mol. The third kappa shape index (κ3) is 4.61. The number of Topliss-reactive ketones (excluding diaryl/α,β-unsaturated/α-hetero) is 1. The summed E-state index contributed by atoms with van der Waals surface area (Å²) in [6, 6.07) is 11.7. The molecule has 3 nitrogen and oxygen atoms in total. The highest BCUT2D eigenvalue weighted by Gasteiger charge is 2.41. The van der Waals surface area contributed by atoms with Crippen LogP contribution in [0.15, 0.2) is 41.3 Å². The van der Waals surface area contributed by atoms with Crippen molar-refractivity contribution in [3.05, 3.63) is 63.7 Å². The first kappa shape index (κ1) is 20.9. The fraction of sp³-hybridized carbons (Fsp3) is 0.391. The van der Waals surface area contributed by atoms with Gasteiger partial charge in [-0.15, -0.1) is 11.8 Å². The maximum absolute atomic E-state index is 12.9. The number of ether oxygens (including phenoxy) is 1. The largest absolute Gasteiger partial charge is 0.461 e. The van der Waals surface area contributed by atoms with Crippen molar-refractivity contribution in [2.75, 3.05) is 5.75 Å². The second-order valence-corrected chi connectivity index (χ2v) is 9.17. The van der Waals surface area contributed by atoms with Crippen LogP contribution in [-0.2, 0) is 14.3 Å². The van der Waals surface area contributed by atoms with Gasteiger partial charge in [0.15, 0.2) is 5.78 Å². The lowest BCUT2D eigenvalue weighted by molar-refractivity contribution is -0.162. The molecule has 1 fully saturated rings. The van der Waals surface area contributed by atoms with Crippen molar-refractivity contribution in [3.63, 3.8) is 0 Å². The number of hydrogen-bond acceptors (Lipinski definition) is 4. The lowest BCUT2D eigenvalue weighted by Gasteiger charge is -2.32. The number of halogens is 1. The highest BCUT2D eigenvalue weighted by Crippen LogP contribution is 2.35. The minimum atomic E-state index is -0.801. The van der Waals surface area contributed by atoms with E-state index in [2.05, 4.69) is 0 Å². The van der Waals surface area contributed by atoms with Crippen LogP contribution in [0.25, 0.3) is 0 Å². The Bertz CT molecular complexity index is 867. The van der Waals surface area contributed by atoms with E-state index in [1.165, 1.54) is 0 Å². The fourth-order valence-electron chi connectivity index (χ4n) is 3.84. The second-order valence-electron chi connectivity index (χ2n) is 7.64. The first-order valence-corrected chi connectivity index (χ1v) is 10.8. The summed E-state index contributed by atoms with van der Waals surface area (Å²) in [5.74, 6) is -0.451. The summed E-state index contributed by atoms with van der Waals surface area (Å²) >= 11 is 7.68. The molecule has 0 spiro atoms. The van der Waals surface area contributed by atoms with E-state index in [-0.39, 0.29) is 24.2 Å².